The summed E-state index contributed by atoms with van der Waals surface area (Å²) in [6.07, 6.45) is -4.32. The van der Waals surface area contributed by atoms with Crippen LogP contribution in [0.5, 0.6) is 0 Å². The second kappa shape index (κ2) is 10.6. The molecule has 1 rings (SSSR count). The Morgan fingerprint density at radius 1 is 0.852 bits per heavy atom. The lowest BCUT2D eigenvalue weighted by Gasteiger charge is -2.43. The molecule has 0 amide bonds. The molecule has 0 bridgehead atoms. The SMILES string of the molecule is C=CCO[C@@H]1[C@@H](OC(C)=O)[C@H](OC(C)=O)O[C@H](COC(C)=O)[C@H]1OC(C)=O. The molecule has 0 aliphatic carbocycles. The average Bonchev–Trinajstić information content (AvgIpc) is 2.53. The summed E-state index contributed by atoms with van der Waals surface area (Å²) in [4.78, 5) is 45.6. The van der Waals surface area contributed by atoms with Crippen molar-refractivity contribution in [2.24, 2.45) is 0 Å². The third-order valence-corrected chi connectivity index (χ3v) is 3.33. The Labute approximate surface area is 156 Å². The number of rotatable bonds is 8. The second-order valence-electron chi connectivity index (χ2n) is 5.69. The van der Waals surface area contributed by atoms with Crippen LogP contribution in [0.1, 0.15) is 27.7 Å². The molecule has 10 nitrogen and oxygen atoms in total. The van der Waals surface area contributed by atoms with Crippen LogP contribution >= 0.6 is 0 Å². The first-order valence-corrected chi connectivity index (χ1v) is 8.18. The minimum atomic E-state index is -1.35. The summed E-state index contributed by atoms with van der Waals surface area (Å²) in [6, 6.07) is 0. The van der Waals surface area contributed by atoms with Crippen LogP contribution in [0, 0.1) is 0 Å². The highest BCUT2D eigenvalue weighted by Gasteiger charge is 2.52. The third-order valence-electron chi connectivity index (χ3n) is 3.33. The molecular formula is C17H24O10. The van der Waals surface area contributed by atoms with E-state index in [1.807, 2.05) is 0 Å². The fourth-order valence-corrected chi connectivity index (χ4v) is 2.49. The number of hydrogen-bond donors (Lipinski definition) is 0. The van der Waals surface area contributed by atoms with E-state index in [-0.39, 0.29) is 13.2 Å². The molecule has 0 N–H and O–H groups in total. The minimum absolute atomic E-state index is 0.0211. The molecule has 152 valence electrons. The highest BCUT2D eigenvalue weighted by molar-refractivity contribution is 5.68. The van der Waals surface area contributed by atoms with Crippen molar-refractivity contribution in [1.82, 2.24) is 0 Å². The van der Waals surface area contributed by atoms with Gasteiger partial charge in [-0.3, -0.25) is 19.2 Å². The van der Waals surface area contributed by atoms with Crippen LogP contribution in [0.15, 0.2) is 12.7 Å². The quantitative estimate of drug-likeness (QED) is 0.325. The molecule has 0 aromatic rings. The Balaban J connectivity index is 3.24. The molecular weight excluding hydrogens is 364 g/mol. The molecule has 27 heavy (non-hydrogen) atoms. The van der Waals surface area contributed by atoms with Gasteiger partial charge in [0.05, 0.1) is 6.61 Å². The summed E-state index contributed by atoms with van der Waals surface area (Å²) in [5.74, 6) is -2.63. The fourth-order valence-electron chi connectivity index (χ4n) is 2.49. The maximum Gasteiger partial charge on any atom is 0.305 e. The summed E-state index contributed by atoms with van der Waals surface area (Å²) in [6.45, 7) is 7.93. The maximum absolute atomic E-state index is 11.5. The predicted molar refractivity (Wildman–Crippen MR) is 88.1 cm³/mol. The highest BCUT2D eigenvalue weighted by atomic mass is 16.7. The lowest BCUT2D eigenvalue weighted by Crippen LogP contribution is -2.62. The van der Waals surface area contributed by atoms with Crippen molar-refractivity contribution in [3.8, 4) is 0 Å². The molecule has 0 aromatic heterocycles. The summed E-state index contributed by atoms with van der Waals surface area (Å²) in [7, 11) is 0. The van der Waals surface area contributed by atoms with E-state index in [1.165, 1.54) is 19.9 Å². The van der Waals surface area contributed by atoms with Gasteiger partial charge in [0.2, 0.25) is 6.29 Å². The van der Waals surface area contributed by atoms with Crippen molar-refractivity contribution in [3.05, 3.63) is 12.7 Å². The molecule has 0 aromatic carbocycles. The van der Waals surface area contributed by atoms with Crippen LogP contribution in [0.25, 0.3) is 0 Å². The fraction of sp³-hybridized carbons (Fsp3) is 0.647. The van der Waals surface area contributed by atoms with Gasteiger partial charge in [-0.2, -0.15) is 0 Å². The van der Waals surface area contributed by atoms with Gasteiger partial charge in [0.15, 0.2) is 12.2 Å². The zero-order valence-electron chi connectivity index (χ0n) is 15.7. The molecule has 1 saturated heterocycles. The van der Waals surface area contributed by atoms with Gasteiger partial charge in [-0.05, 0) is 0 Å². The van der Waals surface area contributed by atoms with Crippen molar-refractivity contribution < 1.29 is 47.6 Å². The second-order valence-corrected chi connectivity index (χ2v) is 5.69. The van der Waals surface area contributed by atoms with E-state index in [9.17, 15) is 19.2 Å². The predicted octanol–water partition coefficient (Wildman–Crippen LogP) is 0.272. The average molecular weight is 388 g/mol. The van der Waals surface area contributed by atoms with Crippen molar-refractivity contribution >= 4 is 23.9 Å². The standard InChI is InChI=1S/C17H24O10/c1-6-7-22-15-14(24-10(3)19)13(8-23-9(2)18)27-17(26-12(5)21)16(15)25-11(4)20/h6,13-17H,1,7-8H2,2-5H3/t13-,14-,15+,16-,17-/m1/s1. The number of ether oxygens (including phenoxy) is 6. The summed E-state index contributed by atoms with van der Waals surface area (Å²) >= 11 is 0. The van der Waals surface area contributed by atoms with Crippen LogP contribution in [0.2, 0.25) is 0 Å². The van der Waals surface area contributed by atoms with Gasteiger partial charge < -0.3 is 28.4 Å². The first-order valence-electron chi connectivity index (χ1n) is 8.18. The molecule has 5 atom stereocenters. The van der Waals surface area contributed by atoms with Gasteiger partial charge in [0, 0.05) is 27.7 Å². The molecule has 0 spiro atoms. The molecule has 0 radical (unpaired) electrons. The van der Waals surface area contributed by atoms with E-state index >= 15 is 0 Å². The van der Waals surface area contributed by atoms with E-state index in [2.05, 4.69) is 6.58 Å². The lowest BCUT2D eigenvalue weighted by molar-refractivity contribution is -0.303. The Morgan fingerprint density at radius 2 is 1.41 bits per heavy atom. The zero-order valence-corrected chi connectivity index (χ0v) is 15.7. The first-order chi connectivity index (χ1) is 12.6. The van der Waals surface area contributed by atoms with Crippen molar-refractivity contribution in [2.45, 2.75) is 58.4 Å². The lowest BCUT2D eigenvalue weighted by atomic mass is 9.98. The molecule has 0 saturated carbocycles. The number of carbonyl (C=O) groups excluding carboxylic acids is 4. The van der Waals surface area contributed by atoms with Crippen LogP contribution in [0.3, 0.4) is 0 Å². The van der Waals surface area contributed by atoms with Gasteiger partial charge in [-0.15, -0.1) is 6.58 Å². The summed E-state index contributed by atoms with van der Waals surface area (Å²) < 4.78 is 31.7. The minimum Gasteiger partial charge on any atom is -0.463 e. The van der Waals surface area contributed by atoms with Crippen LogP contribution in [0.4, 0.5) is 0 Å². The van der Waals surface area contributed by atoms with E-state index in [1.54, 1.807) is 0 Å². The largest absolute Gasteiger partial charge is 0.463 e. The van der Waals surface area contributed by atoms with E-state index in [0.29, 0.717) is 0 Å². The maximum atomic E-state index is 11.5. The number of carbonyl (C=O) groups is 4. The van der Waals surface area contributed by atoms with Gasteiger partial charge >= 0.3 is 23.9 Å². The summed E-state index contributed by atoms with van der Waals surface area (Å²) in [5.41, 5.74) is 0. The molecule has 1 fully saturated rings. The Morgan fingerprint density at radius 3 is 1.89 bits per heavy atom. The monoisotopic (exact) mass is 388 g/mol. The molecule has 10 heteroatoms. The number of esters is 4. The van der Waals surface area contributed by atoms with Crippen molar-refractivity contribution in [1.29, 1.82) is 0 Å². The topological polar surface area (TPSA) is 124 Å². The third kappa shape index (κ3) is 7.35. The van der Waals surface area contributed by atoms with Crippen LogP contribution in [-0.4, -0.2) is 67.8 Å². The molecule has 0 unspecified atom stereocenters. The smallest absolute Gasteiger partial charge is 0.305 e. The van der Waals surface area contributed by atoms with E-state index in [4.69, 9.17) is 28.4 Å². The highest BCUT2D eigenvalue weighted by Crippen LogP contribution is 2.29. The van der Waals surface area contributed by atoms with Gasteiger partial charge in [0.1, 0.15) is 18.8 Å². The van der Waals surface area contributed by atoms with Gasteiger partial charge in [-0.1, -0.05) is 6.08 Å². The molecule has 1 aliphatic rings. The van der Waals surface area contributed by atoms with E-state index in [0.717, 1.165) is 13.8 Å². The first kappa shape index (κ1) is 22.6. The van der Waals surface area contributed by atoms with Crippen LogP contribution in [-0.2, 0) is 47.6 Å². The zero-order chi connectivity index (χ0) is 20.6. The Hall–Kier alpha value is -2.46. The van der Waals surface area contributed by atoms with Crippen molar-refractivity contribution in [3.63, 3.8) is 0 Å². The van der Waals surface area contributed by atoms with Gasteiger partial charge in [-0.25, -0.2) is 0 Å². The molecule has 1 aliphatic heterocycles. The van der Waals surface area contributed by atoms with Crippen molar-refractivity contribution in [2.75, 3.05) is 13.2 Å². The summed E-state index contributed by atoms with van der Waals surface area (Å²) in [5, 5.41) is 0. The Kier molecular flexibility index (Phi) is 8.89. The normalized spacial score (nSPS) is 27.2. The van der Waals surface area contributed by atoms with Crippen LogP contribution < -0.4 is 0 Å². The van der Waals surface area contributed by atoms with E-state index < -0.39 is 54.6 Å². The Bertz CT molecular complexity index is 572. The molecule has 1 heterocycles. The number of hydrogen-bond acceptors (Lipinski definition) is 10. The van der Waals surface area contributed by atoms with Gasteiger partial charge in [0.25, 0.3) is 0 Å².